The highest BCUT2D eigenvalue weighted by Crippen LogP contribution is 2.18. The van der Waals surface area contributed by atoms with Crippen LogP contribution in [-0.4, -0.2) is 35.1 Å². The van der Waals surface area contributed by atoms with Crippen LogP contribution in [0.3, 0.4) is 0 Å². The second-order valence-corrected chi connectivity index (χ2v) is 4.17. The summed E-state index contributed by atoms with van der Waals surface area (Å²) in [6.45, 7) is 6.40. The molecule has 1 atom stereocenters. The van der Waals surface area contributed by atoms with E-state index < -0.39 is 5.97 Å². The lowest BCUT2D eigenvalue weighted by molar-refractivity contribution is -0.138. The molecule has 1 heterocycles. The van der Waals surface area contributed by atoms with Crippen molar-refractivity contribution in [3.05, 3.63) is 0 Å². The molecule has 0 bridgehead atoms. The topological polar surface area (TPSA) is 40.5 Å². The zero-order valence-electron chi connectivity index (χ0n) is 8.49. The molecule has 1 unspecified atom stereocenters. The molecular formula is C10H19NO2. The van der Waals surface area contributed by atoms with E-state index in [0.29, 0.717) is 0 Å². The molecular weight excluding hydrogens is 166 g/mol. The van der Waals surface area contributed by atoms with Crippen molar-refractivity contribution >= 4 is 5.97 Å². The average molecular weight is 185 g/mol. The number of carboxylic acid groups (broad SMARTS) is 1. The highest BCUT2D eigenvalue weighted by atomic mass is 16.4. The normalized spacial score (nSPS) is 22.9. The van der Waals surface area contributed by atoms with E-state index in [1.54, 1.807) is 0 Å². The molecule has 0 amide bonds. The van der Waals surface area contributed by atoms with Crippen LogP contribution in [0.5, 0.6) is 0 Å². The summed E-state index contributed by atoms with van der Waals surface area (Å²) in [7, 11) is 0. The Labute approximate surface area is 79.7 Å². The summed E-state index contributed by atoms with van der Waals surface area (Å²) >= 11 is 0. The largest absolute Gasteiger partial charge is 0.481 e. The van der Waals surface area contributed by atoms with Crippen LogP contribution in [0.25, 0.3) is 0 Å². The highest BCUT2D eigenvalue weighted by molar-refractivity contribution is 5.67. The molecule has 1 rings (SSSR count). The van der Waals surface area contributed by atoms with Crippen molar-refractivity contribution in [1.82, 2.24) is 4.90 Å². The number of rotatable bonds is 3. The summed E-state index contributed by atoms with van der Waals surface area (Å²) in [5.41, 5.74) is 0. The second kappa shape index (κ2) is 4.61. The Balaban J connectivity index is 2.31. The van der Waals surface area contributed by atoms with Crippen molar-refractivity contribution < 1.29 is 9.90 Å². The first-order valence-corrected chi connectivity index (χ1v) is 5.05. The monoisotopic (exact) mass is 185 g/mol. The first kappa shape index (κ1) is 10.5. The van der Waals surface area contributed by atoms with Crippen LogP contribution in [0.15, 0.2) is 0 Å². The van der Waals surface area contributed by atoms with Gasteiger partial charge in [-0.25, -0.2) is 0 Å². The fourth-order valence-electron chi connectivity index (χ4n) is 1.85. The quantitative estimate of drug-likeness (QED) is 0.725. The molecule has 0 aliphatic carbocycles. The van der Waals surface area contributed by atoms with Crippen LogP contribution >= 0.6 is 0 Å². The van der Waals surface area contributed by atoms with Crippen molar-refractivity contribution in [3.63, 3.8) is 0 Å². The van der Waals surface area contributed by atoms with Crippen LogP contribution in [0.4, 0.5) is 0 Å². The van der Waals surface area contributed by atoms with Crippen LogP contribution in [0.2, 0.25) is 0 Å². The number of piperidine rings is 1. The number of hydrogen-bond donors (Lipinski definition) is 1. The van der Waals surface area contributed by atoms with Gasteiger partial charge in [0.05, 0.1) is 6.42 Å². The molecule has 0 saturated carbocycles. The van der Waals surface area contributed by atoms with Gasteiger partial charge in [0.15, 0.2) is 0 Å². The van der Waals surface area contributed by atoms with Crippen molar-refractivity contribution in [2.45, 2.75) is 39.2 Å². The molecule has 0 aromatic heterocycles. The maximum absolute atomic E-state index is 10.5. The summed E-state index contributed by atoms with van der Waals surface area (Å²) in [6, 6.07) is 0.199. The summed E-state index contributed by atoms with van der Waals surface area (Å²) in [4.78, 5) is 12.8. The minimum atomic E-state index is -0.689. The highest BCUT2D eigenvalue weighted by Gasteiger charge is 2.21. The van der Waals surface area contributed by atoms with Crippen molar-refractivity contribution in [2.24, 2.45) is 5.92 Å². The van der Waals surface area contributed by atoms with Gasteiger partial charge in [-0.1, -0.05) is 6.92 Å². The van der Waals surface area contributed by atoms with Gasteiger partial charge in [0.25, 0.3) is 0 Å². The van der Waals surface area contributed by atoms with Crippen LogP contribution in [0.1, 0.15) is 33.1 Å². The van der Waals surface area contributed by atoms with E-state index in [1.807, 2.05) is 6.92 Å². The van der Waals surface area contributed by atoms with E-state index in [0.717, 1.165) is 19.0 Å². The third-order valence-electron chi connectivity index (χ3n) is 2.91. The van der Waals surface area contributed by atoms with Gasteiger partial charge in [-0.3, -0.25) is 4.79 Å². The molecule has 1 fully saturated rings. The molecule has 3 nitrogen and oxygen atoms in total. The van der Waals surface area contributed by atoms with Gasteiger partial charge in [-0.05, 0) is 38.8 Å². The van der Waals surface area contributed by atoms with E-state index in [-0.39, 0.29) is 12.5 Å². The minimum Gasteiger partial charge on any atom is -0.481 e. The zero-order valence-corrected chi connectivity index (χ0v) is 8.49. The van der Waals surface area contributed by atoms with E-state index in [9.17, 15) is 4.79 Å². The number of carboxylic acids is 1. The molecule has 0 aromatic rings. The lowest BCUT2D eigenvalue weighted by Gasteiger charge is -2.34. The second-order valence-electron chi connectivity index (χ2n) is 4.17. The first-order chi connectivity index (χ1) is 6.09. The fraction of sp³-hybridized carbons (Fsp3) is 0.900. The predicted molar refractivity (Wildman–Crippen MR) is 51.7 cm³/mol. The molecule has 13 heavy (non-hydrogen) atoms. The first-order valence-electron chi connectivity index (χ1n) is 5.05. The molecule has 0 spiro atoms. The number of likely N-dealkylation sites (tertiary alicyclic amines) is 1. The van der Waals surface area contributed by atoms with Gasteiger partial charge in [0, 0.05) is 6.04 Å². The summed E-state index contributed by atoms with van der Waals surface area (Å²) in [5, 5.41) is 8.64. The molecule has 1 aliphatic rings. The van der Waals surface area contributed by atoms with Crippen molar-refractivity contribution in [3.8, 4) is 0 Å². The van der Waals surface area contributed by atoms with Crippen molar-refractivity contribution in [1.29, 1.82) is 0 Å². The maximum Gasteiger partial charge on any atom is 0.304 e. The van der Waals surface area contributed by atoms with E-state index in [1.165, 1.54) is 12.8 Å². The molecule has 3 heteroatoms. The Morgan fingerprint density at radius 3 is 2.54 bits per heavy atom. The Bertz CT molecular complexity index is 174. The van der Waals surface area contributed by atoms with Gasteiger partial charge in [0.1, 0.15) is 0 Å². The standard InChI is InChI=1S/C10H19NO2/c1-8-3-5-11(6-4-8)9(2)7-10(12)13/h8-9H,3-7H2,1-2H3,(H,12,13). The third-order valence-corrected chi connectivity index (χ3v) is 2.91. The maximum atomic E-state index is 10.5. The summed E-state index contributed by atoms with van der Waals surface area (Å²) in [6.07, 6.45) is 2.70. The molecule has 1 saturated heterocycles. The number of aliphatic carboxylic acids is 1. The minimum absolute atomic E-state index is 0.199. The van der Waals surface area contributed by atoms with Gasteiger partial charge < -0.3 is 10.0 Å². The summed E-state index contributed by atoms with van der Waals surface area (Å²) in [5.74, 6) is 0.124. The SMILES string of the molecule is CC1CCN(C(C)CC(=O)O)CC1. The van der Waals surface area contributed by atoms with Gasteiger partial charge in [-0.15, -0.1) is 0 Å². The fourth-order valence-corrected chi connectivity index (χ4v) is 1.85. The van der Waals surface area contributed by atoms with Gasteiger partial charge >= 0.3 is 5.97 Å². The van der Waals surface area contributed by atoms with Crippen LogP contribution in [0, 0.1) is 5.92 Å². The summed E-state index contributed by atoms with van der Waals surface area (Å²) < 4.78 is 0. The lowest BCUT2D eigenvalue weighted by atomic mass is 9.97. The Kier molecular flexibility index (Phi) is 3.72. The van der Waals surface area contributed by atoms with E-state index in [2.05, 4.69) is 11.8 Å². The number of carbonyl (C=O) groups is 1. The third kappa shape index (κ3) is 3.35. The predicted octanol–water partition coefficient (Wildman–Crippen LogP) is 1.58. The van der Waals surface area contributed by atoms with E-state index in [4.69, 9.17) is 5.11 Å². The lowest BCUT2D eigenvalue weighted by Crippen LogP contribution is -2.40. The average Bonchev–Trinajstić information content (AvgIpc) is 2.04. The van der Waals surface area contributed by atoms with Crippen LogP contribution < -0.4 is 0 Å². The molecule has 76 valence electrons. The molecule has 0 aromatic carbocycles. The Morgan fingerprint density at radius 2 is 2.08 bits per heavy atom. The smallest absolute Gasteiger partial charge is 0.304 e. The molecule has 1 aliphatic heterocycles. The van der Waals surface area contributed by atoms with Gasteiger partial charge in [-0.2, -0.15) is 0 Å². The van der Waals surface area contributed by atoms with Gasteiger partial charge in [0.2, 0.25) is 0 Å². The van der Waals surface area contributed by atoms with E-state index >= 15 is 0 Å². The Morgan fingerprint density at radius 1 is 1.54 bits per heavy atom. The zero-order chi connectivity index (χ0) is 9.84. The number of hydrogen-bond acceptors (Lipinski definition) is 2. The van der Waals surface area contributed by atoms with Crippen molar-refractivity contribution in [2.75, 3.05) is 13.1 Å². The number of nitrogens with zero attached hydrogens (tertiary/aromatic N) is 1. The Hall–Kier alpha value is -0.570. The van der Waals surface area contributed by atoms with Crippen LogP contribution in [-0.2, 0) is 4.79 Å². The molecule has 0 radical (unpaired) electrons. The molecule has 1 N–H and O–H groups in total.